The zero-order valence-corrected chi connectivity index (χ0v) is 12.0. The van der Waals surface area contributed by atoms with Gasteiger partial charge in [0.1, 0.15) is 0 Å². The van der Waals surface area contributed by atoms with Crippen molar-refractivity contribution >= 4 is 17.5 Å². The van der Waals surface area contributed by atoms with Gasteiger partial charge in [-0.2, -0.15) is 0 Å². The van der Waals surface area contributed by atoms with Crippen molar-refractivity contribution in [3.63, 3.8) is 0 Å². The largest absolute Gasteiger partial charge is 0.349 e. The molecule has 0 fully saturated rings. The van der Waals surface area contributed by atoms with Crippen molar-refractivity contribution in [2.45, 2.75) is 32.2 Å². The first-order chi connectivity index (χ1) is 8.30. The summed E-state index contributed by atoms with van der Waals surface area (Å²) < 4.78 is 4.81. The fraction of sp³-hybridized carbons (Fsp3) is 0.667. The third-order valence-corrected chi connectivity index (χ3v) is 2.74. The van der Waals surface area contributed by atoms with Gasteiger partial charge in [-0.15, -0.1) is 0 Å². The topological polar surface area (TPSA) is 58.4 Å². The molecule has 1 amide bonds. The molecule has 0 spiro atoms. The maximum Gasteiger partial charge on any atom is 0.290 e. The van der Waals surface area contributed by atoms with Crippen LogP contribution in [0.25, 0.3) is 0 Å². The van der Waals surface area contributed by atoms with E-state index >= 15 is 0 Å². The van der Waals surface area contributed by atoms with Crippen molar-refractivity contribution in [2.24, 2.45) is 0 Å². The Balaban J connectivity index is 2.46. The number of carbonyl (C=O) groups is 1. The van der Waals surface area contributed by atoms with Crippen LogP contribution in [-0.2, 0) is 0 Å². The lowest BCUT2D eigenvalue weighted by molar-refractivity contribution is 0.0869. The molecule has 0 unspecified atom stereocenters. The summed E-state index contributed by atoms with van der Waals surface area (Å²) in [7, 11) is 4.06. The van der Waals surface area contributed by atoms with Gasteiger partial charge >= 0.3 is 0 Å². The molecule has 18 heavy (non-hydrogen) atoms. The van der Waals surface area contributed by atoms with Gasteiger partial charge in [0.25, 0.3) is 5.91 Å². The van der Waals surface area contributed by atoms with Crippen molar-refractivity contribution in [3.8, 4) is 0 Å². The molecule has 0 atom stereocenters. The van der Waals surface area contributed by atoms with Crippen LogP contribution >= 0.6 is 11.6 Å². The van der Waals surface area contributed by atoms with Gasteiger partial charge in [-0.1, -0.05) is 16.8 Å². The van der Waals surface area contributed by atoms with Gasteiger partial charge in [0.15, 0.2) is 5.15 Å². The number of aromatic nitrogens is 1. The van der Waals surface area contributed by atoms with Crippen LogP contribution in [0.1, 0.15) is 37.2 Å². The number of halogens is 1. The fourth-order valence-corrected chi connectivity index (χ4v) is 1.76. The van der Waals surface area contributed by atoms with E-state index in [4.69, 9.17) is 16.1 Å². The van der Waals surface area contributed by atoms with Gasteiger partial charge in [0.2, 0.25) is 5.76 Å². The quantitative estimate of drug-likeness (QED) is 0.863. The van der Waals surface area contributed by atoms with Gasteiger partial charge in [-0.05, 0) is 47.3 Å². The van der Waals surface area contributed by atoms with Gasteiger partial charge in [-0.3, -0.25) is 4.79 Å². The first-order valence-electron chi connectivity index (χ1n) is 5.89. The number of nitrogens with one attached hydrogen (secondary N) is 1. The van der Waals surface area contributed by atoms with E-state index in [1.165, 1.54) is 6.07 Å². The summed E-state index contributed by atoms with van der Waals surface area (Å²) in [6.07, 6.45) is 1.90. The molecule has 0 radical (unpaired) electrons. The highest BCUT2D eigenvalue weighted by Crippen LogP contribution is 2.14. The molecule has 0 bridgehead atoms. The standard InChI is InChI=1S/C12H20ClN3O2/c1-12(2,6-5-7-16(3)4)14-11(17)9-8-10(13)15-18-9/h8H,5-7H2,1-4H3,(H,14,17). The van der Waals surface area contributed by atoms with Gasteiger partial charge in [0, 0.05) is 11.6 Å². The Morgan fingerprint density at radius 2 is 2.22 bits per heavy atom. The van der Waals surface area contributed by atoms with E-state index in [1.54, 1.807) is 0 Å². The molecule has 102 valence electrons. The number of rotatable bonds is 6. The molecule has 0 saturated carbocycles. The normalized spacial score (nSPS) is 11.9. The summed E-state index contributed by atoms with van der Waals surface area (Å²) in [5.41, 5.74) is -0.285. The molecule has 1 heterocycles. The fourth-order valence-electron chi connectivity index (χ4n) is 1.63. The van der Waals surface area contributed by atoms with E-state index < -0.39 is 0 Å². The Morgan fingerprint density at radius 1 is 1.56 bits per heavy atom. The van der Waals surface area contributed by atoms with Crippen LogP contribution in [0.5, 0.6) is 0 Å². The van der Waals surface area contributed by atoms with E-state index in [-0.39, 0.29) is 22.4 Å². The second kappa shape index (κ2) is 6.20. The molecule has 5 nitrogen and oxygen atoms in total. The molecule has 0 aliphatic heterocycles. The van der Waals surface area contributed by atoms with Crippen molar-refractivity contribution in [1.29, 1.82) is 0 Å². The highest BCUT2D eigenvalue weighted by molar-refractivity contribution is 6.29. The first kappa shape index (κ1) is 15.0. The summed E-state index contributed by atoms with van der Waals surface area (Å²) in [5, 5.41) is 6.57. The predicted molar refractivity (Wildman–Crippen MR) is 70.8 cm³/mol. The molecule has 1 N–H and O–H groups in total. The van der Waals surface area contributed by atoms with E-state index in [2.05, 4.69) is 15.4 Å². The number of hydrogen-bond acceptors (Lipinski definition) is 4. The monoisotopic (exact) mass is 273 g/mol. The van der Waals surface area contributed by atoms with Crippen LogP contribution in [-0.4, -0.2) is 42.1 Å². The van der Waals surface area contributed by atoms with Crippen molar-refractivity contribution < 1.29 is 9.32 Å². The zero-order valence-electron chi connectivity index (χ0n) is 11.3. The smallest absolute Gasteiger partial charge is 0.290 e. The second-order valence-corrected chi connectivity index (χ2v) is 5.65. The molecule has 1 aromatic heterocycles. The minimum Gasteiger partial charge on any atom is -0.349 e. The van der Waals surface area contributed by atoms with Crippen LogP contribution < -0.4 is 5.32 Å². The lowest BCUT2D eigenvalue weighted by Gasteiger charge is -2.26. The molecular formula is C12H20ClN3O2. The van der Waals surface area contributed by atoms with E-state index in [9.17, 15) is 4.79 Å². The van der Waals surface area contributed by atoms with Crippen LogP contribution in [0.4, 0.5) is 0 Å². The van der Waals surface area contributed by atoms with Gasteiger partial charge < -0.3 is 14.7 Å². The number of amides is 1. The number of hydrogen-bond donors (Lipinski definition) is 1. The Bertz CT molecular complexity index is 402. The summed E-state index contributed by atoms with van der Waals surface area (Å²) >= 11 is 5.60. The van der Waals surface area contributed by atoms with Crippen LogP contribution in [0, 0.1) is 0 Å². The molecule has 1 rings (SSSR count). The van der Waals surface area contributed by atoms with Crippen LogP contribution in [0.15, 0.2) is 10.6 Å². The molecule has 6 heteroatoms. The molecule has 1 aromatic rings. The Kier molecular flexibility index (Phi) is 5.16. The summed E-state index contributed by atoms with van der Waals surface area (Å²) in [6, 6.07) is 1.41. The van der Waals surface area contributed by atoms with Crippen LogP contribution in [0.3, 0.4) is 0 Å². The van der Waals surface area contributed by atoms with Crippen molar-refractivity contribution in [1.82, 2.24) is 15.4 Å². The highest BCUT2D eigenvalue weighted by Gasteiger charge is 2.23. The third kappa shape index (κ3) is 5.06. The zero-order chi connectivity index (χ0) is 13.8. The Hall–Kier alpha value is -1.07. The SMILES string of the molecule is CN(C)CCCC(C)(C)NC(=O)c1cc(Cl)no1. The maximum atomic E-state index is 11.9. The molecule has 0 aliphatic rings. The average Bonchev–Trinajstić information content (AvgIpc) is 2.63. The summed E-state index contributed by atoms with van der Waals surface area (Å²) in [5.74, 6) is -0.148. The lowest BCUT2D eigenvalue weighted by atomic mass is 9.98. The van der Waals surface area contributed by atoms with Gasteiger partial charge in [-0.25, -0.2) is 0 Å². The van der Waals surface area contributed by atoms with Crippen LogP contribution in [0.2, 0.25) is 5.15 Å². The molecular weight excluding hydrogens is 254 g/mol. The third-order valence-electron chi connectivity index (χ3n) is 2.56. The van der Waals surface area contributed by atoms with Gasteiger partial charge in [0.05, 0.1) is 0 Å². The maximum absolute atomic E-state index is 11.9. The Labute approximate surface area is 112 Å². The van der Waals surface area contributed by atoms with E-state index in [0.29, 0.717) is 0 Å². The highest BCUT2D eigenvalue weighted by atomic mass is 35.5. The molecule has 0 saturated heterocycles. The average molecular weight is 274 g/mol. The van der Waals surface area contributed by atoms with Crippen molar-refractivity contribution in [2.75, 3.05) is 20.6 Å². The molecule has 0 aliphatic carbocycles. The van der Waals surface area contributed by atoms with E-state index in [1.807, 2.05) is 27.9 Å². The van der Waals surface area contributed by atoms with Crippen molar-refractivity contribution in [3.05, 3.63) is 17.0 Å². The summed E-state index contributed by atoms with van der Waals surface area (Å²) in [6.45, 7) is 4.96. The number of carbonyl (C=O) groups excluding carboxylic acids is 1. The predicted octanol–water partition coefficient (Wildman–Crippen LogP) is 2.18. The number of nitrogens with zero attached hydrogens (tertiary/aromatic N) is 2. The Morgan fingerprint density at radius 3 is 2.72 bits per heavy atom. The van der Waals surface area contributed by atoms with E-state index in [0.717, 1.165) is 19.4 Å². The molecule has 0 aromatic carbocycles. The second-order valence-electron chi connectivity index (χ2n) is 5.26. The lowest BCUT2D eigenvalue weighted by Crippen LogP contribution is -2.43. The first-order valence-corrected chi connectivity index (χ1v) is 6.27. The summed E-state index contributed by atoms with van der Waals surface area (Å²) in [4.78, 5) is 14.0. The minimum atomic E-state index is -0.288. The minimum absolute atomic E-state index is 0.140.